The van der Waals surface area contributed by atoms with E-state index in [-0.39, 0.29) is 0 Å². The van der Waals surface area contributed by atoms with E-state index in [1.807, 2.05) is 6.92 Å². The molecule has 46 valence electrons. The van der Waals surface area contributed by atoms with Crippen molar-refractivity contribution in [2.24, 2.45) is 5.92 Å². The van der Waals surface area contributed by atoms with Crippen LogP contribution in [0.4, 0.5) is 0 Å². The summed E-state index contributed by atoms with van der Waals surface area (Å²) in [7, 11) is 0. The summed E-state index contributed by atoms with van der Waals surface area (Å²) in [5.41, 5.74) is 0. The highest BCUT2D eigenvalue weighted by molar-refractivity contribution is 5.27. The van der Waals surface area contributed by atoms with Crippen molar-refractivity contribution in [3.05, 3.63) is 0 Å². The van der Waals surface area contributed by atoms with Gasteiger partial charge in [-0.3, -0.25) is 0 Å². The summed E-state index contributed by atoms with van der Waals surface area (Å²) in [5.74, 6) is 12.3. The quantitative estimate of drug-likeness (QED) is 0.425. The zero-order valence-electron chi connectivity index (χ0n) is 5.70. The minimum Gasteiger partial charge on any atom is -0.0894 e. The molecule has 0 bridgehead atoms. The zero-order chi connectivity index (χ0) is 6.53. The highest BCUT2D eigenvalue weighted by Crippen LogP contribution is 2.27. The molecule has 0 saturated heterocycles. The molecule has 0 spiro atoms. The normalized spacial score (nSPS) is 14.8. The molecule has 1 aliphatic rings. The molecule has 9 heavy (non-hydrogen) atoms. The van der Waals surface area contributed by atoms with Gasteiger partial charge in [0.1, 0.15) is 0 Å². The van der Waals surface area contributed by atoms with Crippen LogP contribution in [-0.2, 0) is 0 Å². The van der Waals surface area contributed by atoms with Crippen molar-refractivity contribution in [3.8, 4) is 23.7 Å². The fourth-order valence-electron chi connectivity index (χ4n) is 0.498. The minimum atomic E-state index is 0.691. The van der Waals surface area contributed by atoms with Crippen LogP contribution in [-0.4, -0.2) is 0 Å². The van der Waals surface area contributed by atoms with Crippen LogP contribution in [0.25, 0.3) is 0 Å². The minimum absolute atomic E-state index is 0.691. The molecule has 0 aromatic heterocycles. The Morgan fingerprint density at radius 3 is 2.67 bits per heavy atom. The molecule has 1 aliphatic carbocycles. The van der Waals surface area contributed by atoms with E-state index in [1.54, 1.807) is 0 Å². The standard InChI is InChI=1S/C9H10/c1-2-3-4-5-6-9-7-8-9/h9H,2,7-8H2,1H3. The molecule has 0 aliphatic heterocycles. The molecule has 0 heterocycles. The second-order valence-electron chi connectivity index (χ2n) is 2.20. The predicted molar refractivity (Wildman–Crippen MR) is 38.6 cm³/mol. The van der Waals surface area contributed by atoms with Crippen molar-refractivity contribution in [1.82, 2.24) is 0 Å². The first-order chi connectivity index (χ1) is 4.43. The van der Waals surface area contributed by atoms with E-state index in [0.29, 0.717) is 5.92 Å². The topological polar surface area (TPSA) is 0 Å². The number of rotatable bonds is 0. The molecule has 0 aromatic rings. The Balaban J connectivity index is 2.23. The average Bonchev–Trinajstić information content (AvgIpc) is 2.63. The Labute approximate surface area is 56.7 Å². The summed E-state index contributed by atoms with van der Waals surface area (Å²) in [5, 5.41) is 0. The van der Waals surface area contributed by atoms with Crippen LogP contribution in [0.5, 0.6) is 0 Å². The van der Waals surface area contributed by atoms with Crippen molar-refractivity contribution < 1.29 is 0 Å². The van der Waals surface area contributed by atoms with Gasteiger partial charge in [0.25, 0.3) is 0 Å². The largest absolute Gasteiger partial charge is 0.0894 e. The molecule has 0 amide bonds. The Kier molecular flexibility index (Phi) is 2.22. The molecule has 0 radical (unpaired) electrons. The van der Waals surface area contributed by atoms with E-state index < -0.39 is 0 Å². The Morgan fingerprint density at radius 2 is 2.11 bits per heavy atom. The van der Waals surface area contributed by atoms with E-state index in [9.17, 15) is 0 Å². The number of hydrogen-bond acceptors (Lipinski definition) is 0. The van der Waals surface area contributed by atoms with Crippen LogP contribution in [0.1, 0.15) is 26.2 Å². The molecule has 0 heteroatoms. The Bertz CT molecular complexity index is 188. The van der Waals surface area contributed by atoms with Crippen LogP contribution >= 0.6 is 0 Å². The summed E-state index contributed by atoms with van der Waals surface area (Å²) in [6, 6.07) is 0. The van der Waals surface area contributed by atoms with Crippen molar-refractivity contribution in [2.45, 2.75) is 26.2 Å². The van der Waals surface area contributed by atoms with E-state index >= 15 is 0 Å². The van der Waals surface area contributed by atoms with Crippen LogP contribution < -0.4 is 0 Å². The third-order valence-corrected chi connectivity index (χ3v) is 1.18. The van der Waals surface area contributed by atoms with Gasteiger partial charge < -0.3 is 0 Å². The summed E-state index contributed by atoms with van der Waals surface area (Å²) in [6.07, 6.45) is 3.50. The van der Waals surface area contributed by atoms with Gasteiger partial charge in [-0.05, 0) is 24.7 Å². The molecular weight excluding hydrogens is 108 g/mol. The van der Waals surface area contributed by atoms with E-state index in [2.05, 4.69) is 23.7 Å². The SMILES string of the molecule is CCC#CC#CC1CC1. The summed E-state index contributed by atoms with van der Waals surface area (Å²) in [4.78, 5) is 0. The van der Waals surface area contributed by atoms with Gasteiger partial charge in [0.15, 0.2) is 0 Å². The lowest BCUT2D eigenvalue weighted by atomic mass is 10.4. The lowest BCUT2D eigenvalue weighted by molar-refractivity contribution is 1.18. The van der Waals surface area contributed by atoms with E-state index in [0.717, 1.165) is 6.42 Å². The molecule has 1 rings (SSSR count). The third kappa shape index (κ3) is 2.83. The smallest absolute Gasteiger partial charge is 0.0214 e. The van der Waals surface area contributed by atoms with Crippen LogP contribution in [0.3, 0.4) is 0 Å². The monoisotopic (exact) mass is 118 g/mol. The van der Waals surface area contributed by atoms with Crippen molar-refractivity contribution in [1.29, 1.82) is 0 Å². The average molecular weight is 118 g/mol. The highest BCUT2D eigenvalue weighted by atomic mass is 14.2. The molecule has 1 fully saturated rings. The molecule has 0 unspecified atom stereocenters. The maximum absolute atomic E-state index is 3.07. The molecule has 1 saturated carbocycles. The maximum Gasteiger partial charge on any atom is 0.0214 e. The van der Waals surface area contributed by atoms with Gasteiger partial charge in [-0.15, -0.1) is 0 Å². The lowest BCUT2D eigenvalue weighted by Crippen LogP contribution is -1.60. The number of hydrogen-bond donors (Lipinski definition) is 0. The molecular formula is C9H10. The van der Waals surface area contributed by atoms with Gasteiger partial charge in [0.2, 0.25) is 0 Å². The summed E-state index contributed by atoms with van der Waals surface area (Å²) >= 11 is 0. The summed E-state index contributed by atoms with van der Waals surface area (Å²) < 4.78 is 0. The van der Waals surface area contributed by atoms with Gasteiger partial charge >= 0.3 is 0 Å². The second kappa shape index (κ2) is 3.21. The first-order valence-corrected chi connectivity index (χ1v) is 3.42. The fourth-order valence-corrected chi connectivity index (χ4v) is 0.498. The molecule has 0 aromatic carbocycles. The summed E-state index contributed by atoms with van der Waals surface area (Å²) in [6.45, 7) is 2.03. The van der Waals surface area contributed by atoms with Gasteiger partial charge in [-0.25, -0.2) is 0 Å². The molecule has 0 N–H and O–H groups in total. The Morgan fingerprint density at radius 1 is 1.33 bits per heavy atom. The molecule has 0 nitrogen and oxygen atoms in total. The van der Waals surface area contributed by atoms with Crippen LogP contribution in [0.15, 0.2) is 0 Å². The first-order valence-electron chi connectivity index (χ1n) is 3.42. The molecule has 0 atom stereocenters. The fraction of sp³-hybridized carbons (Fsp3) is 0.556. The van der Waals surface area contributed by atoms with Gasteiger partial charge in [-0.2, -0.15) is 0 Å². The van der Waals surface area contributed by atoms with Crippen molar-refractivity contribution >= 4 is 0 Å². The third-order valence-electron chi connectivity index (χ3n) is 1.18. The maximum atomic E-state index is 3.07. The first kappa shape index (κ1) is 6.24. The van der Waals surface area contributed by atoms with Crippen molar-refractivity contribution in [2.75, 3.05) is 0 Å². The Hall–Kier alpha value is -0.880. The van der Waals surface area contributed by atoms with Gasteiger partial charge in [-0.1, -0.05) is 18.8 Å². The van der Waals surface area contributed by atoms with E-state index in [4.69, 9.17) is 0 Å². The van der Waals surface area contributed by atoms with Gasteiger partial charge in [0.05, 0.1) is 0 Å². The lowest BCUT2D eigenvalue weighted by Gasteiger charge is -1.65. The zero-order valence-corrected chi connectivity index (χ0v) is 5.70. The second-order valence-corrected chi connectivity index (χ2v) is 2.20. The van der Waals surface area contributed by atoms with Gasteiger partial charge in [0, 0.05) is 12.3 Å². The van der Waals surface area contributed by atoms with Crippen LogP contribution in [0.2, 0.25) is 0 Å². The highest BCUT2D eigenvalue weighted by Gasteiger charge is 2.17. The van der Waals surface area contributed by atoms with Crippen molar-refractivity contribution in [3.63, 3.8) is 0 Å². The predicted octanol–water partition coefficient (Wildman–Crippen LogP) is 1.81. The van der Waals surface area contributed by atoms with E-state index in [1.165, 1.54) is 12.8 Å². The van der Waals surface area contributed by atoms with Crippen LogP contribution in [0, 0.1) is 29.6 Å².